The molecule has 0 amide bonds. The van der Waals surface area contributed by atoms with Gasteiger partial charge in [0.1, 0.15) is 62.6 Å². The van der Waals surface area contributed by atoms with Crippen molar-refractivity contribution in [3.8, 4) is 46.0 Å². The number of benzene rings is 7. The van der Waals surface area contributed by atoms with E-state index in [9.17, 15) is 9.59 Å². The van der Waals surface area contributed by atoms with E-state index in [-0.39, 0.29) is 62.3 Å². The fourth-order valence-corrected chi connectivity index (χ4v) is 7.13. The lowest BCUT2D eigenvalue weighted by atomic mass is 10.2. The van der Waals surface area contributed by atoms with Gasteiger partial charge in [-0.15, -0.1) is 0 Å². The summed E-state index contributed by atoms with van der Waals surface area (Å²) in [7, 11) is 0. The molecule has 16 nitrogen and oxygen atoms in total. The average Bonchev–Trinajstić information content (AvgIpc) is 3.49. The zero-order valence-electron chi connectivity index (χ0n) is 43.6. The van der Waals surface area contributed by atoms with Crippen LogP contribution in [0.3, 0.4) is 0 Å². The Balaban J connectivity index is 0.884. The minimum atomic E-state index is -0.650. The Kier molecular flexibility index (Phi) is 25.7. The molecule has 0 radical (unpaired) electrons. The molecular formula is C62H66O16. The lowest BCUT2D eigenvalue weighted by Crippen LogP contribution is -2.15. The topological polar surface area (TPSA) is 163 Å². The van der Waals surface area contributed by atoms with Crippen LogP contribution < -0.4 is 37.9 Å². The summed E-state index contributed by atoms with van der Waals surface area (Å²) in [6, 6.07) is 54.4. The van der Waals surface area contributed by atoms with Gasteiger partial charge in [0.2, 0.25) is 0 Å². The number of carbonyl (C=O) groups excluding carboxylic acids is 2. The van der Waals surface area contributed by atoms with E-state index in [1.807, 2.05) is 121 Å². The van der Waals surface area contributed by atoms with Crippen LogP contribution in [0.5, 0.6) is 46.0 Å². The van der Waals surface area contributed by atoms with E-state index in [4.69, 9.17) is 66.3 Å². The summed E-state index contributed by atoms with van der Waals surface area (Å²) in [6.45, 7) is 6.03. The molecule has 0 N–H and O–H groups in total. The summed E-state index contributed by atoms with van der Waals surface area (Å²) in [5.74, 6) is 2.11. The predicted octanol–water partition coefficient (Wildman–Crippen LogP) is 10.3. The second kappa shape index (κ2) is 34.7. The Morgan fingerprint density at radius 3 is 0.910 bits per heavy atom. The second-order valence-electron chi connectivity index (χ2n) is 16.8. The first-order chi connectivity index (χ1) is 38.6. The monoisotopic (exact) mass is 1070 g/mol. The number of hydrogen-bond donors (Lipinski definition) is 0. The van der Waals surface area contributed by atoms with Gasteiger partial charge in [-0.05, 0) is 96.1 Å². The number of hydrogen-bond acceptors (Lipinski definition) is 16. The third-order valence-corrected chi connectivity index (χ3v) is 11.0. The van der Waals surface area contributed by atoms with Gasteiger partial charge in [-0.1, -0.05) is 97.1 Å². The van der Waals surface area contributed by atoms with Crippen LogP contribution in [0.25, 0.3) is 0 Å². The van der Waals surface area contributed by atoms with Crippen LogP contribution in [0.15, 0.2) is 182 Å². The standard InChI is InChI=1S/C62H66O16/c63-61(51-21-27-57(73-41-35-65-29-31-69-47-49-13-5-1-6-14-49)59(45-51)75-43-37-66-30-32-70-48-50-15-7-2-8-16-50)77-55-23-25-56(26-24-55)78-62(64)52-22-28-58(74-42-36-67-33-39-71-53-17-9-3-10-18-53)60(46-52)76-44-38-68-34-40-72-54-19-11-4-12-20-54/h1-28,45-46H,29-44,47-48H2. The van der Waals surface area contributed by atoms with Crippen molar-refractivity contribution in [1.29, 1.82) is 0 Å². The molecule has 0 atom stereocenters. The normalized spacial score (nSPS) is 10.9. The van der Waals surface area contributed by atoms with E-state index in [1.165, 1.54) is 24.3 Å². The molecule has 0 heterocycles. The Hall–Kier alpha value is -7.96. The zero-order chi connectivity index (χ0) is 53.9. The molecule has 0 spiro atoms. The van der Waals surface area contributed by atoms with Crippen LogP contribution in [0.1, 0.15) is 31.8 Å². The highest BCUT2D eigenvalue weighted by Gasteiger charge is 2.17. The second-order valence-corrected chi connectivity index (χ2v) is 16.8. The third kappa shape index (κ3) is 21.9. The molecule has 410 valence electrons. The average molecular weight is 1070 g/mol. The minimum Gasteiger partial charge on any atom is -0.491 e. The van der Waals surface area contributed by atoms with Gasteiger partial charge < -0.3 is 66.3 Å². The summed E-state index contributed by atoms with van der Waals surface area (Å²) in [5.41, 5.74) is 2.59. The van der Waals surface area contributed by atoms with Crippen molar-refractivity contribution in [3.63, 3.8) is 0 Å². The molecule has 0 aliphatic carbocycles. The van der Waals surface area contributed by atoms with Crippen LogP contribution in [0.4, 0.5) is 0 Å². The highest BCUT2D eigenvalue weighted by Crippen LogP contribution is 2.31. The van der Waals surface area contributed by atoms with Crippen LogP contribution in [0.2, 0.25) is 0 Å². The molecule has 7 aromatic carbocycles. The summed E-state index contributed by atoms with van der Waals surface area (Å²) in [6.07, 6.45) is 0. The molecule has 0 saturated heterocycles. The third-order valence-electron chi connectivity index (χ3n) is 11.0. The fraction of sp³-hybridized carbons (Fsp3) is 0.290. The number of ether oxygens (including phenoxy) is 14. The fourth-order valence-electron chi connectivity index (χ4n) is 7.13. The Bertz CT molecular complexity index is 2750. The van der Waals surface area contributed by atoms with Gasteiger partial charge in [0.15, 0.2) is 23.0 Å². The molecule has 0 fully saturated rings. The van der Waals surface area contributed by atoms with Crippen LogP contribution in [-0.4, -0.2) is 118 Å². The van der Waals surface area contributed by atoms with Gasteiger partial charge in [-0.3, -0.25) is 0 Å². The molecule has 0 unspecified atom stereocenters. The van der Waals surface area contributed by atoms with E-state index in [1.54, 1.807) is 36.4 Å². The summed E-state index contributed by atoms with van der Waals surface area (Å²) >= 11 is 0. The van der Waals surface area contributed by atoms with E-state index < -0.39 is 11.9 Å². The van der Waals surface area contributed by atoms with E-state index in [0.717, 1.165) is 22.6 Å². The predicted molar refractivity (Wildman–Crippen MR) is 291 cm³/mol. The highest BCUT2D eigenvalue weighted by molar-refractivity contribution is 5.92. The molecular weight excluding hydrogens is 1000 g/mol. The lowest BCUT2D eigenvalue weighted by molar-refractivity contribution is 0.0274. The van der Waals surface area contributed by atoms with Crippen LogP contribution in [0, 0.1) is 0 Å². The van der Waals surface area contributed by atoms with Gasteiger partial charge in [-0.2, -0.15) is 0 Å². The molecule has 0 saturated carbocycles. The maximum absolute atomic E-state index is 13.5. The lowest BCUT2D eigenvalue weighted by Gasteiger charge is -2.15. The molecule has 0 bridgehead atoms. The van der Waals surface area contributed by atoms with Crippen molar-refractivity contribution in [2.45, 2.75) is 13.2 Å². The van der Waals surface area contributed by atoms with E-state index >= 15 is 0 Å². The van der Waals surface area contributed by atoms with Gasteiger partial charge >= 0.3 is 11.9 Å². The SMILES string of the molecule is O=C(Oc1ccc(OC(=O)c2ccc(OCCOCCOc3ccccc3)c(OCCOCCOc3ccccc3)c2)cc1)c1ccc(OCCOCCOCc2ccccc2)c(OCCOCCOCc2ccccc2)c1. The quantitative estimate of drug-likeness (QED) is 0.0204. The van der Waals surface area contributed by atoms with Gasteiger partial charge in [-0.25, -0.2) is 9.59 Å². The van der Waals surface area contributed by atoms with E-state index in [2.05, 4.69) is 0 Å². The van der Waals surface area contributed by atoms with Crippen molar-refractivity contribution in [3.05, 3.63) is 204 Å². The van der Waals surface area contributed by atoms with Crippen molar-refractivity contribution in [1.82, 2.24) is 0 Å². The first-order valence-corrected chi connectivity index (χ1v) is 25.8. The number of rotatable bonds is 38. The maximum atomic E-state index is 13.5. The van der Waals surface area contributed by atoms with Crippen molar-refractivity contribution in [2.75, 3.05) is 106 Å². The highest BCUT2D eigenvalue weighted by atomic mass is 16.6. The number of esters is 2. The summed E-state index contributed by atoms with van der Waals surface area (Å²) in [4.78, 5) is 27.0. The van der Waals surface area contributed by atoms with Gasteiger partial charge in [0.05, 0.1) is 90.4 Å². The largest absolute Gasteiger partial charge is 0.491 e. The molecule has 7 aromatic rings. The molecule has 0 aromatic heterocycles. The summed E-state index contributed by atoms with van der Waals surface area (Å²) < 4.78 is 81.2. The molecule has 0 aliphatic heterocycles. The maximum Gasteiger partial charge on any atom is 0.343 e. The van der Waals surface area contributed by atoms with Crippen molar-refractivity contribution < 1.29 is 75.9 Å². The van der Waals surface area contributed by atoms with Crippen molar-refractivity contribution in [2.24, 2.45) is 0 Å². The Labute approximate surface area is 455 Å². The van der Waals surface area contributed by atoms with E-state index in [0.29, 0.717) is 102 Å². The Morgan fingerprint density at radius 2 is 0.551 bits per heavy atom. The number of carbonyl (C=O) groups is 2. The zero-order valence-corrected chi connectivity index (χ0v) is 43.6. The summed E-state index contributed by atoms with van der Waals surface area (Å²) in [5, 5.41) is 0. The van der Waals surface area contributed by atoms with Gasteiger partial charge in [0, 0.05) is 0 Å². The van der Waals surface area contributed by atoms with Crippen molar-refractivity contribution >= 4 is 11.9 Å². The van der Waals surface area contributed by atoms with Crippen LogP contribution in [-0.2, 0) is 41.6 Å². The van der Waals surface area contributed by atoms with Crippen LogP contribution >= 0.6 is 0 Å². The minimum absolute atomic E-state index is 0.170. The molecule has 16 heteroatoms. The van der Waals surface area contributed by atoms with Gasteiger partial charge in [0.25, 0.3) is 0 Å². The first-order valence-electron chi connectivity index (χ1n) is 25.8. The molecule has 0 aliphatic rings. The molecule has 7 rings (SSSR count). The number of para-hydroxylation sites is 2. The Morgan fingerprint density at radius 1 is 0.256 bits per heavy atom. The first kappa shape index (κ1) is 57.7. The smallest absolute Gasteiger partial charge is 0.343 e. The molecule has 78 heavy (non-hydrogen) atoms.